The summed E-state index contributed by atoms with van der Waals surface area (Å²) in [6, 6.07) is 0. The fourth-order valence-electron chi connectivity index (χ4n) is 2.72. The molecular formula is C16H26O3S. The molecule has 0 aromatic rings. The fourth-order valence-corrected chi connectivity index (χ4v) is 3.55. The van der Waals surface area contributed by atoms with Gasteiger partial charge < -0.3 is 0 Å². The number of rotatable bonds is 2. The van der Waals surface area contributed by atoms with Gasteiger partial charge in [-0.1, -0.05) is 34.4 Å². The van der Waals surface area contributed by atoms with Crippen molar-refractivity contribution in [2.45, 2.75) is 53.4 Å². The van der Waals surface area contributed by atoms with Crippen molar-refractivity contribution in [2.75, 3.05) is 5.75 Å². The average molecular weight is 298 g/mol. The summed E-state index contributed by atoms with van der Waals surface area (Å²) in [6.07, 6.45) is 7.90. The van der Waals surface area contributed by atoms with Gasteiger partial charge in [0.25, 0.3) is 10.1 Å². The standard InChI is InChI=1S/C16H26O3S/c1-12(2)16-9-8-13(3)6-5-7-14(4)10-15(16)11-20(17,18)19/h7-8,15H,5-6,9-11H2,1-4H3,(H,17,18,19)/b13-8+,14-7+. The third kappa shape index (κ3) is 6.06. The van der Waals surface area contributed by atoms with Crippen LogP contribution in [0.2, 0.25) is 0 Å². The zero-order valence-corrected chi connectivity index (χ0v) is 13.8. The summed E-state index contributed by atoms with van der Waals surface area (Å²) in [5, 5.41) is 0. The Balaban J connectivity index is 3.16. The van der Waals surface area contributed by atoms with Crippen LogP contribution in [0.5, 0.6) is 0 Å². The topological polar surface area (TPSA) is 54.4 Å². The van der Waals surface area contributed by atoms with E-state index in [2.05, 4.69) is 19.1 Å². The molecule has 1 unspecified atom stereocenters. The summed E-state index contributed by atoms with van der Waals surface area (Å²) >= 11 is 0. The Labute approximate surface area is 123 Å². The van der Waals surface area contributed by atoms with Crippen LogP contribution in [0.15, 0.2) is 34.4 Å². The molecule has 114 valence electrons. The van der Waals surface area contributed by atoms with Gasteiger partial charge in [-0.3, -0.25) is 4.55 Å². The molecule has 0 saturated carbocycles. The van der Waals surface area contributed by atoms with Gasteiger partial charge in [0.2, 0.25) is 0 Å². The molecule has 4 heteroatoms. The second-order valence-electron chi connectivity index (χ2n) is 6.02. The second-order valence-corrected chi connectivity index (χ2v) is 7.52. The molecule has 0 aromatic heterocycles. The van der Waals surface area contributed by atoms with Crippen molar-refractivity contribution >= 4 is 10.1 Å². The van der Waals surface area contributed by atoms with E-state index in [9.17, 15) is 13.0 Å². The normalized spacial score (nSPS) is 27.2. The molecule has 1 aliphatic carbocycles. The van der Waals surface area contributed by atoms with E-state index in [1.807, 2.05) is 20.8 Å². The molecule has 1 aliphatic rings. The maximum atomic E-state index is 11.3. The lowest BCUT2D eigenvalue weighted by Gasteiger charge is -2.22. The Hall–Kier alpha value is -0.870. The molecule has 20 heavy (non-hydrogen) atoms. The van der Waals surface area contributed by atoms with Crippen LogP contribution in [0.3, 0.4) is 0 Å². The van der Waals surface area contributed by atoms with Gasteiger partial charge in [0, 0.05) is 5.92 Å². The van der Waals surface area contributed by atoms with Gasteiger partial charge in [-0.15, -0.1) is 0 Å². The van der Waals surface area contributed by atoms with Crippen molar-refractivity contribution in [3.05, 3.63) is 34.4 Å². The number of allylic oxidation sites excluding steroid dienone is 6. The first-order valence-corrected chi connectivity index (χ1v) is 8.72. The molecule has 0 aliphatic heterocycles. The van der Waals surface area contributed by atoms with Crippen LogP contribution in [0, 0.1) is 5.92 Å². The smallest absolute Gasteiger partial charge is 0.265 e. The maximum absolute atomic E-state index is 11.3. The summed E-state index contributed by atoms with van der Waals surface area (Å²) in [7, 11) is -3.96. The highest BCUT2D eigenvalue weighted by Gasteiger charge is 2.22. The summed E-state index contributed by atoms with van der Waals surface area (Å²) < 4.78 is 31.8. The highest BCUT2D eigenvalue weighted by Crippen LogP contribution is 2.29. The lowest BCUT2D eigenvalue weighted by molar-refractivity contribution is 0.470. The quantitative estimate of drug-likeness (QED) is 0.611. The highest BCUT2D eigenvalue weighted by molar-refractivity contribution is 7.85. The van der Waals surface area contributed by atoms with Gasteiger partial charge in [-0.05, 0) is 53.4 Å². The average Bonchev–Trinajstić information content (AvgIpc) is 2.25. The third-order valence-electron chi connectivity index (χ3n) is 3.82. The van der Waals surface area contributed by atoms with Gasteiger partial charge in [-0.2, -0.15) is 8.42 Å². The second kappa shape index (κ2) is 7.23. The van der Waals surface area contributed by atoms with Crippen molar-refractivity contribution < 1.29 is 13.0 Å². The Kier molecular flexibility index (Phi) is 6.21. The third-order valence-corrected chi connectivity index (χ3v) is 4.64. The molecule has 0 aromatic carbocycles. The van der Waals surface area contributed by atoms with Crippen LogP contribution < -0.4 is 0 Å². The van der Waals surface area contributed by atoms with Crippen molar-refractivity contribution in [1.29, 1.82) is 0 Å². The van der Waals surface area contributed by atoms with Crippen molar-refractivity contribution in [1.82, 2.24) is 0 Å². The minimum Gasteiger partial charge on any atom is -0.286 e. The van der Waals surface area contributed by atoms with E-state index in [1.165, 1.54) is 11.1 Å². The zero-order valence-electron chi connectivity index (χ0n) is 12.9. The monoisotopic (exact) mass is 298 g/mol. The van der Waals surface area contributed by atoms with Gasteiger partial charge in [-0.25, -0.2) is 0 Å². The van der Waals surface area contributed by atoms with Crippen LogP contribution in [-0.4, -0.2) is 18.7 Å². The molecule has 1 atom stereocenters. The Morgan fingerprint density at radius 2 is 1.90 bits per heavy atom. The van der Waals surface area contributed by atoms with E-state index in [1.54, 1.807) is 0 Å². The van der Waals surface area contributed by atoms with E-state index in [0.29, 0.717) is 6.42 Å². The molecule has 0 spiro atoms. The fraction of sp³-hybridized carbons (Fsp3) is 0.625. The molecule has 0 radical (unpaired) electrons. The minimum absolute atomic E-state index is 0.131. The van der Waals surface area contributed by atoms with Crippen molar-refractivity contribution in [3.8, 4) is 0 Å². The molecule has 0 amide bonds. The van der Waals surface area contributed by atoms with Crippen LogP contribution in [0.4, 0.5) is 0 Å². The SMILES string of the molecule is CC(C)=C1C/C=C(\C)CC/C=C(\C)CC1CS(=O)(=O)O. The van der Waals surface area contributed by atoms with E-state index >= 15 is 0 Å². The Morgan fingerprint density at radius 1 is 1.25 bits per heavy atom. The summed E-state index contributed by atoms with van der Waals surface area (Å²) in [5.74, 6) is -0.320. The van der Waals surface area contributed by atoms with Crippen LogP contribution in [0.1, 0.15) is 53.4 Å². The molecule has 0 heterocycles. The molecule has 0 fully saturated rings. The summed E-state index contributed by atoms with van der Waals surface area (Å²) in [4.78, 5) is 0. The van der Waals surface area contributed by atoms with Crippen LogP contribution in [-0.2, 0) is 10.1 Å². The molecule has 0 saturated heterocycles. The van der Waals surface area contributed by atoms with Gasteiger partial charge in [0.1, 0.15) is 0 Å². The van der Waals surface area contributed by atoms with Crippen molar-refractivity contribution in [3.63, 3.8) is 0 Å². The van der Waals surface area contributed by atoms with Gasteiger partial charge >= 0.3 is 0 Å². The first kappa shape index (κ1) is 17.2. The summed E-state index contributed by atoms with van der Waals surface area (Å²) in [6.45, 7) is 8.19. The summed E-state index contributed by atoms with van der Waals surface area (Å²) in [5.41, 5.74) is 4.82. The van der Waals surface area contributed by atoms with E-state index < -0.39 is 10.1 Å². The number of hydrogen-bond donors (Lipinski definition) is 1. The van der Waals surface area contributed by atoms with E-state index in [-0.39, 0.29) is 11.7 Å². The molecule has 1 N–H and O–H groups in total. The molecule has 0 bridgehead atoms. The Bertz CT molecular complexity index is 532. The largest absolute Gasteiger partial charge is 0.286 e. The van der Waals surface area contributed by atoms with Gasteiger partial charge in [0.05, 0.1) is 5.75 Å². The predicted molar refractivity (Wildman–Crippen MR) is 84.3 cm³/mol. The van der Waals surface area contributed by atoms with E-state index in [0.717, 1.165) is 30.4 Å². The van der Waals surface area contributed by atoms with Crippen molar-refractivity contribution in [2.24, 2.45) is 5.92 Å². The lowest BCUT2D eigenvalue weighted by atomic mass is 9.87. The van der Waals surface area contributed by atoms with Gasteiger partial charge in [0.15, 0.2) is 0 Å². The first-order valence-electron chi connectivity index (χ1n) is 7.11. The van der Waals surface area contributed by atoms with Crippen LogP contribution >= 0.6 is 0 Å². The predicted octanol–water partition coefficient (Wildman–Crippen LogP) is 4.29. The lowest BCUT2D eigenvalue weighted by Crippen LogP contribution is -2.19. The van der Waals surface area contributed by atoms with E-state index in [4.69, 9.17) is 0 Å². The molecule has 1 rings (SSSR count). The van der Waals surface area contributed by atoms with Crippen LogP contribution in [0.25, 0.3) is 0 Å². The molecule has 3 nitrogen and oxygen atoms in total. The minimum atomic E-state index is -3.96. The highest BCUT2D eigenvalue weighted by atomic mass is 32.2. The first-order chi connectivity index (χ1) is 9.19. The zero-order chi connectivity index (χ0) is 15.3. The maximum Gasteiger partial charge on any atom is 0.265 e. The Morgan fingerprint density at radius 3 is 2.45 bits per heavy atom. The number of hydrogen-bond acceptors (Lipinski definition) is 2. The molecular weight excluding hydrogens is 272 g/mol.